The van der Waals surface area contributed by atoms with E-state index in [1.165, 1.54) is 3.57 Å². The molecule has 2 heteroatoms. The van der Waals surface area contributed by atoms with Crippen LogP contribution in [0.2, 0.25) is 0 Å². The molecule has 0 heterocycles. The van der Waals surface area contributed by atoms with Gasteiger partial charge in [0.1, 0.15) is 0 Å². The minimum absolute atomic E-state index is 1.16. The normalized spacial score (nSPS) is 8.00. The first-order valence-corrected chi connectivity index (χ1v) is 4.84. The molecule has 0 bridgehead atoms. The highest BCUT2D eigenvalue weighted by molar-refractivity contribution is 14.1. The van der Waals surface area contributed by atoms with Gasteiger partial charge in [-0.25, -0.2) is 0 Å². The van der Waals surface area contributed by atoms with E-state index in [2.05, 4.69) is 52.2 Å². The van der Waals surface area contributed by atoms with Crippen LogP contribution in [-0.2, 0) is 0 Å². The van der Waals surface area contributed by atoms with Crippen molar-refractivity contribution < 1.29 is 0 Å². The molecule has 0 aliphatic rings. The van der Waals surface area contributed by atoms with E-state index in [1.807, 2.05) is 20.9 Å². The van der Waals surface area contributed by atoms with Gasteiger partial charge in [-0.3, -0.25) is 0 Å². The van der Waals surface area contributed by atoms with Crippen LogP contribution in [0, 0.1) is 3.57 Å². The molecule has 0 saturated carbocycles. The van der Waals surface area contributed by atoms with E-state index in [1.54, 1.807) is 0 Å². The molecule has 0 spiro atoms. The average molecular weight is 263 g/mol. The molecule has 1 aromatic carbocycles. The van der Waals surface area contributed by atoms with Crippen LogP contribution in [0.3, 0.4) is 0 Å². The second kappa shape index (κ2) is 6.46. The first-order valence-electron chi connectivity index (χ1n) is 3.76. The van der Waals surface area contributed by atoms with Gasteiger partial charge in [-0.05, 0) is 46.9 Å². The van der Waals surface area contributed by atoms with Crippen LogP contribution < -0.4 is 5.32 Å². The number of rotatable bonds is 1. The summed E-state index contributed by atoms with van der Waals surface area (Å²) in [4.78, 5) is 0. The Labute approximate surface area is 82.3 Å². The topological polar surface area (TPSA) is 12.0 Å². The van der Waals surface area contributed by atoms with Crippen molar-refractivity contribution in [2.45, 2.75) is 13.8 Å². The van der Waals surface area contributed by atoms with Crippen molar-refractivity contribution in [1.29, 1.82) is 0 Å². The average Bonchev–Trinajstić information content (AvgIpc) is 2.10. The van der Waals surface area contributed by atoms with Gasteiger partial charge in [-0.1, -0.05) is 13.8 Å². The minimum Gasteiger partial charge on any atom is -0.388 e. The van der Waals surface area contributed by atoms with E-state index in [0.29, 0.717) is 0 Å². The summed E-state index contributed by atoms with van der Waals surface area (Å²) in [6, 6.07) is 8.27. The minimum atomic E-state index is 1.16. The Balaban J connectivity index is 0.000000461. The number of anilines is 1. The maximum Gasteiger partial charge on any atom is 0.0338 e. The van der Waals surface area contributed by atoms with Gasteiger partial charge in [0.15, 0.2) is 0 Å². The van der Waals surface area contributed by atoms with Gasteiger partial charge in [-0.2, -0.15) is 0 Å². The molecule has 62 valence electrons. The van der Waals surface area contributed by atoms with E-state index < -0.39 is 0 Å². The fraction of sp³-hybridized carbons (Fsp3) is 0.333. The zero-order chi connectivity index (χ0) is 8.69. The van der Waals surface area contributed by atoms with Crippen LogP contribution in [0.4, 0.5) is 5.69 Å². The molecule has 0 fully saturated rings. The molecule has 0 saturated heterocycles. The summed E-state index contributed by atoms with van der Waals surface area (Å²) >= 11 is 2.29. The molecule has 0 atom stereocenters. The maximum atomic E-state index is 3.05. The van der Waals surface area contributed by atoms with Crippen LogP contribution >= 0.6 is 22.6 Å². The number of halogens is 1. The Morgan fingerprint density at radius 1 is 1.09 bits per heavy atom. The van der Waals surface area contributed by atoms with E-state index in [-0.39, 0.29) is 0 Å². The molecule has 0 aliphatic carbocycles. The largest absolute Gasteiger partial charge is 0.388 e. The van der Waals surface area contributed by atoms with Crippen LogP contribution in [0.1, 0.15) is 13.8 Å². The Kier molecular flexibility index (Phi) is 6.31. The SMILES string of the molecule is CC.CNc1ccc(I)cc1. The Morgan fingerprint density at radius 2 is 1.55 bits per heavy atom. The van der Waals surface area contributed by atoms with Gasteiger partial charge >= 0.3 is 0 Å². The molecule has 1 N–H and O–H groups in total. The Bertz CT molecular complexity index is 181. The van der Waals surface area contributed by atoms with Gasteiger partial charge < -0.3 is 5.32 Å². The van der Waals surface area contributed by atoms with Crippen LogP contribution in [-0.4, -0.2) is 7.05 Å². The fourth-order valence-electron chi connectivity index (χ4n) is 0.617. The van der Waals surface area contributed by atoms with Gasteiger partial charge in [0.05, 0.1) is 0 Å². The smallest absolute Gasteiger partial charge is 0.0338 e. The van der Waals surface area contributed by atoms with Crippen LogP contribution in [0.15, 0.2) is 24.3 Å². The third-order valence-electron chi connectivity index (χ3n) is 1.13. The Hall–Kier alpha value is -0.250. The van der Waals surface area contributed by atoms with E-state index in [0.717, 1.165) is 5.69 Å². The third-order valence-corrected chi connectivity index (χ3v) is 1.85. The van der Waals surface area contributed by atoms with Gasteiger partial charge in [0, 0.05) is 16.3 Å². The van der Waals surface area contributed by atoms with Crippen molar-refractivity contribution >= 4 is 28.3 Å². The fourth-order valence-corrected chi connectivity index (χ4v) is 0.976. The zero-order valence-electron chi connectivity index (χ0n) is 7.19. The van der Waals surface area contributed by atoms with Crippen LogP contribution in [0.5, 0.6) is 0 Å². The van der Waals surface area contributed by atoms with Crippen molar-refractivity contribution in [3.8, 4) is 0 Å². The highest BCUT2D eigenvalue weighted by atomic mass is 127. The van der Waals surface area contributed by atoms with E-state index in [4.69, 9.17) is 0 Å². The van der Waals surface area contributed by atoms with Crippen LogP contribution in [0.25, 0.3) is 0 Å². The van der Waals surface area contributed by atoms with Gasteiger partial charge in [0.2, 0.25) is 0 Å². The number of nitrogens with one attached hydrogen (secondary N) is 1. The van der Waals surface area contributed by atoms with E-state index >= 15 is 0 Å². The molecule has 1 rings (SSSR count). The second-order valence-corrected chi connectivity index (χ2v) is 3.00. The first kappa shape index (κ1) is 10.8. The number of benzene rings is 1. The lowest BCUT2D eigenvalue weighted by molar-refractivity contribution is 1.50. The molecule has 0 amide bonds. The number of hydrogen-bond acceptors (Lipinski definition) is 1. The summed E-state index contributed by atoms with van der Waals surface area (Å²) in [7, 11) is 1.92. The molecule has 1 nitrogen and oxygen atoms in total. The third kappa shape index (κ3) is 4.24. The molecule has 0 aromatic heterocycles. The quantitative estimate of drug-likeness (QED) is 0.766. The number of hydrogen-bond donors (Lipinski definition) is 1. The van der Waals surface area contributed by atoms with E-state index in [9.17, 15) is 0 Å². The zero-order valence-corrected chi connectivity index (χ0v) is 9.34. The maximum absolute atomic E-state index is 3.05. The van der Waals surface area contributed by atoms with Crippen molar-refractivity contribution in [3.05, 3.63) is 27.8 Å². The van der Waals surface area contributed by atoms with Gasteiger partial charge in [-0.15, -0.1) is 0 Å². The molecule has 0 aliphatic heterocycles. The second-order valence-electron chi connectivity index (χ2n) is 1.76. The standard InChI is InChI=1S/C7H8IN.C2H6/c1-9-7-4-2-6(8)3-5-7;1-2/h2-5,9H,1H3;1-2H3. The van der Waals surface area contributed by atoms with Crippen molar-refractivity contribution in [1.82, 2.24) is 0 Å². The molecule has 0 unspecified atom stereocenters. The Morgan fingerprint density at radius 3 is 1.91 bits per heavy atom. The molecular formula is C9H14IN. The predicted octanol–water partition coefficient (Wildman–Crippen LogP) is 3.36. The van der Waals surface area contributed by atoms with Crippen molar-refractivity contribution in [2.75, 3.05) is 12.4 Å². The highest BCUT2D eigenvalue weighted by Crippen LogP contribution is 2.09. The molecule has 0 radical (unpaired) electrons. The predicted molar refractivity (Wildman–Crippen MR) is 60.1 cm³/mol. The lowest BCUT2D eigenvalue weighted by atomic mass is 10.3. The van der Waals surface area contributed by atoms with Crippen molar-refractivity contribution in [2.24, 2.45) is 0 Å². The summed E-state index contributed by atoms with van der Waals surface area (Å²) in [6.45, 7) is 4.00. The first-order chi connectivity index (χ1) is 5.33. The summed E-state index contributed by atoms with van der Waals surface area (Å²) in [5.74, 6) is 0. The molecule has 11 heavy (non-hydrogen) atoms. The summed E-state index contributed by atoms with van der Waals surface area (Å²) < 4.78 is 1.27. The monoisotopic (exact) mass is 263 g/mol. The molecule has 1 aromatic rings. The summed E-state index contributed by atoms with van der Waals surface area (Å²) in [5.41, 5.74) is 1.16. The lowest BCUT2D eigenvalue weighted by Gasteiger charge is -1.96. The van der Waals surface area contributed by atoms with Crippen molar-refractivity contribution in [3.63, 3.8) is 0 Å². The lowest BCUT2D eigenvalue weighted by Crippen LogP contribution is -1.85. The summed E-state index contributed by atoms with van der Waals surface area (Å²) in [6.07, 6.45) is 0. The summed E-state index contributed by atoms with van der Waals surface area (Å²) in [5, 5.41) is 3.05. The highest BCUT2D eigenvalue weighted by Gasteiger charge is 1.84. The van der Waals surface area contributed by atoms with Gasteiger partial charge in [0.25, 0.3) is 0 Å². The molecular weight excluding hydrogens is 249 g/mol.